The number of rotatable bonds is 3. The third kappa shape index (κ3) is 2.65. The third-order valence-electron chi connectivity index (χ3n) is 2.62. The number of carbonyl (C=O) groups excluding carboxylic acids is 1. The van der Waals surface area contributed by atoms with Crippen LogP contribution in [-0.4, -0.2) is 15.9 Å². The van der Waals surface area contributed by atoms with Crippen LogP contribution in [0.15, 0.2) is 29.9 Å². The third-order valence-corrected chi connectivity index (χ3v) is 3.40. The molecule has 0 bridgehead atoms. The van der Waals surface area contributed by atoms with Crippen LogP contribution in [0.5, 0.6) is 5.75 Å². The molecule has 0 unspecified atom stereocenters. The molecule has 0 atom stereocenters. The maximum absolute atomic E-state index is 11.8. The van der Waals surface area contributed by atoms with Crippen molar-refractivity contribution < 1.29 is 9.90 Å². The summed E-state index contributed by atoms with van der Waals surface area (Å²) >= 11 is 1.32. The number of nitrogens with zero attached hydrogens (tertiary/aromatic N) is 1. The van der Waals surface area contributed by atoms with Gasteiger partial charge < -0.3 is 5.11 Å². The van der Waals surface area contributed by atoms with Gasteiger partial charge >= 0.3 is 0 Å². The van der Waals surface area contributed by atoms with Crippen LogP contribution in [0.3, 0.4) is 0 Å². The number of allylic oxidation sites excluding steroid dienone is 1. The molecule has 2 rings (SSSR count). The largest absolute Gasteiger partial charge is 0.507 e. The Morgan fingerprint density at radius 1 is 1.33 bits per heavy atom. The second-order valence-electron chi connectivity index (χ2n) is 4.07. The highest BCUT2D eigenvalue weighted by atomic mass is 32.1. The van der Waals surface area contributed by atoms with Crippen LogP contribution in [0.1, 0.15) is 26.4 Å². The molecule has 1 aromatic heterocycles. The van der Waals surface area contributed by atoms with E-state index in [0.717, 1.165) is 16.7 Å². The number of thiazole rings is 1. The summed E-state index contributed by atoms with van der Waals surface area (Å²) in [6, 6.07) is 3.69. The van der Waals surface area contributed by atoms with E-state index in [1.165, 1.54) is 17.4 Å². The first-order valence-electron chi connectivity index (χ1n) is 5.49. The Bertz CT molecular complexity index is 577. The van der Waals surface area contributed by atoms with E-state index in [0.29, 0.717) is 10.6 Å². The molecule has 2 aromatic rings. The lowest BCUT2D eigenvalue weighted by molar-refractivity contribution is 0.105. The summed E-state index contributed by atoms with van der Waals surface area (Å²) in [6.07, 6.45) is 4.84. The van der Waals surface area contributed by atoms with Gasteiger partial charge in [-0.25, -0.2) is 0 Å². The quantitative estimate of drug-likeness (QED) is 0.679. The van der Waals surface area contributed by atoms with Crippen LogP contribution in [0, 0.1) is 13.8 Å². The van der Waals surface area contributed by atoms with E-state index < -0.39 is 0 Å². The maximum atomic E-state index is 11.8. The van der Waals surface area contributed by atoms with Crippen molar-refractivity contribution >= 4 is 23.2 Å². The predicted molar refractivity (Wildman–Crippen MR) is 73.1 cm³/mol. The zero-order valence-corrected chi connectivity index (χ0v) is 11.0. The van der Waals surface area contributed by atoms with Crippen LogP contribution in [0.4, 0.5) is 0 Å². The lowest BCUT2D eigenvalue weighted by Crippen LogP contribution is -1.89. The van der Waals surface area contributed by atoms with E-state index in [1.54, 1.807) is 17.8 Å². The fourth-order valence-electron chi connectivity index (χ4n) is 1.68. The molecule has 0 fully saturated rings. The number of aromatic nitrogens is 1. The van der Waals surface area contributed by atoms with Crippen LogP contribution >= 0.6 is 11.3 Å². The molecule has 0 spiro atoms. The molecule has 0 aliphatic carbocycles. The molecular formula is C14H13NO2S. The molecule has 0 saturated carbocycles. The minimum atomic E-state index is -0.0547. The van der Waals surface area contributed by atoms with Crippen molar-refractivity contribution in [2.24, 2.45) is 0 Å². The predicted octanol–water partition coefficient (Wildman–Crippen LogP) is 3.36. The average Bonchev–Trinajstić information content (AvgIpc) is 2.86. The monoisotopic (exact) mass is 259 g/mol. The Kier molecular flexibility index (Phi) is 3.58. The Morgan fingerprint density at radius 2 is 2.00 bits per heavy atom. The fourth-order valence-corrected chi connectivity index (χ4v) is 2.22. The minimum absolute atomic E-state index is 0.0547. The van der Waals surface area contributed by atoms with Crippen molar-refractivity contribution in [3.8, 4) is 5.75 Å². The molecule has 92 valence electrons. The first-order chi connectivity index (χ1) is 8.58. The van der Waals surface area contributed by atoms with Gasteiger partial charge in [-0.1, -0.05) is 6.08 Å². The summed E-state index contributed by atoms with van der Waals surface area (Å²) in [5, 5.41) is 9.66. The normalized spacial score (nSPS) is 11.0. The summed E-state index contributed by atoms with van der Waals surface area (Å²) in [4.78, 5) is 16.2. The number of benzene rings is 1. The number of carbonyl (C=O) groups is 1. The van der Waals surface area contributed by atoms with Crippen molar-refractivity contribution in [3.05, 3.63) is 51.5 Å². The molecule has 0 radical (unpaired) electrons. The van der Waals surface area contributed by atoms with Gasteiger partial charge in [-0.15, -0.1) is 11.3 Å². The van der Waals surface area contributed by atoms with Gasteiger partial charge in [0.05, 0.1) is 10.4 Å². The molecular weight excluding hydrogens is 246 g/mol. The molecule has 0 amide bonds. The standard InChI is InChI=1S/C14H13NO2S/c1-9-5-11(6-10(2)14(9)17)3-4-12(16)13-7-15-8-18-13/h3-8,17H,1-2H3/b4-3+. The topological polar surface area (TPSA) is 50.2 Å². The number of aryl methyl sites for hydroxylation is 2. The maximum Gasteiger partial charge on any atom is 0.197 e. The van der Waals surface area contributed by atoms with Gasteiger partial charge in [0.1, 0.15) is 5.75 Å². The number of phenols is 1. The highest BCUT2D eigenvalue weighted by Crippen LogP contribution is 2.23. The number of phenolic OH excluding ortho intramolecular Hbond substituents is 1. The lowest BCUT2D eigenvalue weighted by atomic mass is 10.1. The molecule has 3 nitrogen and oxygen atoms in total. The summed E-state index contributed by atoms with van der Waals surface area (Å²) in [5.41, 5.74) is 4.15. The van der Waals surface area contributed by atoms with E-state index in [2.05, 4.69) is 4.98 Å². The second-order valence-corrected chi connectivity index (χ2v) is 4.95. The Hall–Kier alpha value is -1.94. The van der Waals surface area contributed by atoms with E-state index >= 15 is 0 Å². The smallest absolute Gasteiger partial charge is 0.197 e. The molecule has 1 heterocycles. The number of hydrogen-bond acceptors (Lipinski definition) is 4. The van der Waals surface area contributed by atoms with Crippen LogP contribution in [0.25, 0.3) is 6.08 Å². The van der Waals surface area contributed by atoms with Gasteiger partial charge in [-0.2, -0.15) is 0 Å². The molecule has 4 heteroatoms. The van der Waals surface area contributed by atoms with Gasteiger partial charge in [0.25, 0.3) is 0 Å². The molecule has 0 aliphatic rings. The minimum Gasteiger partial charge on any atom is -0.507 e. The van der Waals surface area contributed by atoms with Crippen molar-refractivity contribution in [1.82, 2.24) is 4.98 Å². The molecule has 1 aromatic carbocycles. The zero-order chi connectivity index (χ0) is 13.1. The highest BCUT2D eigenvalue weighted by molar-refractivity contribution is 7.11. The van der Waals surface area contributed by atoms with Gasteiger partial charge in [-0.05, 0) is 48.7 Å². The van der Waals surface area contributed by atoms with Gasteiger partial charge in [0.2, 0.25) is 0 Å². The summed E-state index contributed by atoms with van der Waals surface area (Å²) in [7, 11) is 0. The zero-order valence-electron chi connectivity index (χ0n) is 10.2. The summed E-state index contributed by atoms with van der Waals surface area (Å²) in [5.74, 6) is 0.252. The summed E-state index contributed by atoms with van der Waals surface area (Å²) < 4.78 is 0. The van der Waals surface area contributed by atoms with Crippen molar-refractivity contribution in [1.29, 1.82) is 0 Å². The van der Waals surface area contributed by atoms with Crippen LogP contribution < -0.4 is 0 Å². The van der Waals surface area contributed by atoms with E-state index in [1.807, 2.05) is 26.0 Å². The molecule has 18 heavy (non-hydrogen) atoms. The fraction of sp³-hybridized carbons (Fsp3) is 0.143. The SMILES string of the molecule is Cc1cc(/C=C/C(=O)c2cncs2)cc(C)c1O. The molecule has 1 N–H and O–H groups in total. The van der Waals surface area contributed by atoms with Crippen molar-refractivity contribution in [2.45, 2.75) is 13.8 Å². The van der Waals surface area contributed by atoms with Crippen LogP contribution in [-0.2, 0) is 0 Å². The first kappa shape index (κ1) is 12.5. The molecule has 0 aliphatic heterocycles. The number of hydrogen-bond donors (Lipinski definition) is 1. The number of aromatic hydroxyl groups is 1. The average molecular weight is 259 g/mol. The van der Waals surface area contributed by atoms with Crippen molar-refractivity contribution in [2.75, 3.05) is 0 Å². The van der Waals surface area contributed by atoms with E-state index in [9.17, 15) is 9.90 Å². The van der Waals surface area contributed by atoms with Gasteiger partial charge in [-0.3, -0.25) is 9.78 Å². The van der Waals surface area contributed by atoms with Crippen molar-refractivity contribution in [3.63, 3.8) is 0 Å². The van der Waals surface area contributed by atoms with Gasteiger partial charge in [0.15, 0.2) is 5.78 Å². The van der Waals surface area contributed by atoms with Crippen LogP contribution in [0.2, 0.25) is 0 Å². The van der Waals surface area contributed by atoms with Gasteiger partial charge in [0, 0.05) is 6.20 Å². The van der Waals surface area contributed by atoms with E-state index in [4.69, 9.17) is 0 Å². The Labute approximate surface area is 109 Å². The first-order valence-corrected chi connectivity index (χ1v) is 6.37. The number of ketones is 1. The Balaban J connectivity index is 2.22. The second kappa shape index (κ2) is 5.14. The lowest BCUT2D eigenvalue weighted by Gasteiger charge is -2.04. The molecule has 0 saturated heterocycles. The summed E-state index contributed by atoms with van der Waals surface area (Å²) in [6.45, 7) is 3.68. The highest BCUT2D eigenvalue weighted by Gasteiger charge is 2.04. The van der Waals surface area contributed by atoms with E-state index in [-0.39, 0.29) is 5.78 Å². The Morgan fingerprint density at radius 3 is 2.56 bits per heavy atom.